The molecular weight excluding hydrogens is 326 g/mol. The van der Waals surface area contributed by atoms with Crippen LogP contribution in [-0.4, -0.2) is 49.5 Å². The van der Waals surface area contributed by atoms with E-state index in [1.807, 2.05) is 0 Å². The first-order valence-corrected chi connectivity index (χ1v) is 7.88. The molecule has 1 aromatic carbocycles. The zero-order valence-corrected chi connectivity index (χ0v) is 15.4. The first kappa shape index (κ1) is 20.7. The molecule has 3 N–H and O–H groups in total. The van der Waals surface area contributed by atoms with Gasteiger partial charge in [-0.05, 0) is 38.5 Å². The van der Waals surface area contributed by atoms with E-state index >= 15 is 0 Å². The van der Waals surface area contributed by atoms with Gasteiger partial charge in [-0.2, -0.15) is 0 Å². The molecule has 0 bridgehead atoms. The second kappa shape index (κ2) is 9.24. The molecule has 0 fully saturated rings. The van der Waals surface area contributed by atoms with Gasteiger partial charge in [-0.1, -0.05) is 12.1 Å². The van der Waals surface area contributed by atoms with Gasteiger partial charge < -0.3 is 20.5 Å². The number of likely N-dealkylation sites (N-methyl/N-ethyl adjacent to an activating group) is 1. The summed E-state index contributed by atoms with van der Waals surface area (Å²) in [6.45, 7) is 5.78. The maximum absolute atomic E-state index is 11.7. The predicted octanol–water partition coefficient (Wildman–Crippen LogP) is 1.44. The molecule has 0 radical (unpaired) electrons. The number of amides is 2. The van der Waals surface area contributed by atoms with Crippen LogP contribution < -0.4 is 15.8 Å². The summed E-state index contributed by atoms with van der Waals surface area (Å²) in [5, 5.41) is 3.73. The number of hydroxylamine groups is 2. The van der Waals surface area contributed by atoms with Crippen LogP contribution in [0.3, 0.4) is 0 Å². The van der Waals surface area contributed by atoms with Gasteiger partial charge in [0.05, 0.1) is 7.11 Å². The van der Waals surface area contributed by atoms with Crippen molar-refractivity contribution in [1.82, 2.24) is 10.4 Å². The van der Waals surface area contributed by atoms with Gasteiger partial charge in [0.25, 0.3) is 5.91 Å². The Kier molecular flexibility index (Phi) is 7.66. The fraction of sp³-hybridized carbons (Fsp3) is 0.529. The Labute approximate surface area is 148 Å². The van der Waals surface area contributed by atoms with E-state index in [1.165, 1.54) is 14.2 Å². The number of hydrogen-bond acceptors (Lipinski definition) is 6. The molecule has 0 heterocycles. The first-order chi connectivity index (χ1) is 11.6. The summed E-state index contributed by atoms with van der Waals surface area (Å²) in [4.78, 5) is 28.1. The number of alkyl carbamates (subject to hydrolysis) is 1. The standard InChI is InChI=1S/C17H27N3O5/c1-17(2,3)25-16(22)19-10-12-6-8-13(9-7-12)24-11-14(18)15(21)20(4)23-5/h6-9,14H,10-11,18H2,1-5H3,(H,19,22)/t14-/m0/s1. The van der Waals surface area contributed by atoms with E-state index in [4.69, 9.17) is 20.0 Å². The summed E-state index contributed by atoms with van der Waals surface area (Å²) in [6, 6.07) is 6.27. The predicted molar refractivity (Wildman–Crippen MR) is 92.8 cm³/mol. The van der Waals surface area contributed by atoms with Crippen molar-refractivity contribution in [3.8, 4) is 5.75 Å². The van der Waals surface area contributed by atoms with Crippen molar-refractivity contribution in [2.45, 2.75) is 39.0 Å². The van der Waals surface area contributed by atoms with Crippen molar-refractivity contribution in [1.29, 1.82) is 0 Å². The number of carbonyl (C=O) groups is 2. The highest BCUT2D eigenvalue weighted by Gasteiger charge is 2.19. The lowest BCUT2D eigenvalue weighted by Gasteiger charge is -2.20. The van der Waals surface area contributed by atoms with Gasteiger partial charge in [0.2, 0.25) is 0 Å². The molecule has 140 valence electrons. The third kappa shape index (κ3) is 7.86. The molecule has 0 unspecified atom stereocenters. The van der Waals surface area contributed by atoms with Crippen LogP contribution in [0.2, 0.25) is 0 Å². The van der Waals surface area contributed by atoms with Crippen molar-refractivity contribution in [2.24, 2.45) is 5.73 Å². The Hall–Kier alpha value is -2.32. The fourth-order valence-corrected chi connectivity index (χ4v) is 1.77. The number of hydrogen-bond donors (Lipinski definition) is 2. The molecule has 25 heavy (non-hydrogen) atoms. The second-order valence-electron chi connectivity index (χ2n) is 6.44. The van der Waals surface area contributed by atoms with Crippen molar-refractivity contribution in [2.75, 3.05) is 20.8 Å². The second-order valence-corrected chi connectivity index (χ2v) is 6.44. The molecule has 0 aliphatic carbocycles. The van der Waals surface area contributed by atoms with E-state index in [0.717, 1.165) is 10.6 Å². The maximum atomic E-state index is 11.7. The van der Waals surface area contributed by atoms with E-state index in [-0.39, 0.29) is 12.5 Å². The van der Waals surface area contributed by atoms with Crippen molar-refractivity contribution in [3.63, 3.8) is 0 Å². The molecule has 8 nitrogen and oxygen atoms in total. The Morgan fingerprint density at radius 1 is 1.24 bits per heavy atom. The minimum Gasteiger partial charge on any atom is -0.491 e. The highest BCUT2D eigenvalue weighted by Crippen LogP contribution is 2.13. The summed E-state index contributed by atoms with van der Waals surface area (Å²) in [5.74, 6) is 0.199. The molecule has 1 atom stereocenters. The Balaban J connectivity index is 2.43. The SMILES string of the molecule is CON(C)C(=O)[C@@H](N)COc1ccc(CNC(=O)OC(C)(C)C)cc1. The van der Waals surface area contributed by atoms with Crippen LogP contribution >= 0.6 is 0 Å². The molecule has 0 aromatic heterocycles. The highest BCUT2D eigenvalue weighted by atomic mass is 16.7. The van der Waals surface area contributed by atoms with Crippen LogP contribution in [0.1, 0.15) is 26.3 Å². The smallest absolute Gasteiger partial charge is 0.407 e. The van der Waals surface area contributed by atoms with Crippen molar-refractivity contribution < 1.29 is 23.9 Å². The molecule has 0 saturated carbocycles. The number of nitrogens with zero attached hydrogens (tertiary/aromatic N) is 1. The molecular formula is C17H27N3O5. The van der Waals surface area contributed by atoms with Crippen LogP contribution in [-0.2, 0) is 20.9 Å². The van der Waals surface area contributed by atoms with Gasteiger partial charge in [-0.15, -0.1) is 0 Å². The lowest BCUT2D eigenvalue weighted by Crippen LogP contribution is -2.44. The van der Waals surface area contributed by atoms with Gasteiger partial charge in [0, 0.05) is 13.6 Å². The van der Waals surface area contributed by atoms with Crippen molar-refractivity contribution >= 4 is 12.0 Å². The molecule has 1 rings (SSSR count). The molecule has 1 aromatic rings. The summed E-state index contributed by atoms with van der Waals surface area (Å²) >= 11 is 0. The number of ether oxygens (including phenoxy) is 2. The molecule has 0 spiro atoms. The Morgan fingerprint density at radius 2 is 1.84 bits per heavy atom. The summed E-state index contributed by atoms with van der Waals surface area (Å²) in [5.41, 5.74) is 6.10. The fourth-order valence-electron chi connectivity index (χ4n) is 1.77. The van der Waals surface area contributed by atoms with E-state index < -0.39 is 17.7 Å². The van der Waals surface area contributed by atoms with Gasteiger partial charge in [-0.25, -0.2) is 9.86 Å². The Morgan fingerprint density at radius 3 is 2.36 bits per heavy atom. The lowest BCUT2D eigenvalue weighted by atomic mass is 10.2. The zero-order valence-electron chi connectivity index (χ0n) is 15.4. The molecule has 0 saturated heterocycles. The van der Waals surface area contributed by atoms with Gasteiger partial charge in [0.15, 0.2) is 0 Å². The number of nitrogens with two attached hydrogens (primary N) is 1. The molecule has 0 aliphatic rings. The number of benzene rings is 1. The topological polar surface area (TPSA) is 103 Å². The highest BCUT2D eigenvalue weighted by molar-refractivity contribution is 5.80. The van der Waals surface area contributed by atoms with Crippen molar-refractivity contribution in [3.05, 3.63) is 29.8 Å². The largest absolute Gasteiger partial charge is 0.491 e. The van der Waals surface area contributed by atoms with Crippen LogP contribution in [0.5, 0.6) is 5.75 Å². The first-order valence-electron chi connectivity index (χ1n) is 7.88. The average Bonchev–Trinajstić information content (AvgIpc) is 2.55. The molecule has 8 heteroatoms. The van der Waals surface area contributed by atoms with E-state index in [1.54, 1.807) is 45.0 Å². The minimum absolute atomic E-state index is 0.0298. The van der Waals surface area contributed by atoms with E-state index in [0.29, 0.717) is 12.3 Å². The van der Waals surface area contributed by atoms with E-state index in [2.05, 4.69) is 5.32 Å². The summed E-state index contributed by atoms with van der Waals surface area (Å²) < 4.78 is 10.7. The molecule has 0 aliphatic heterocycles. The lowest BCUT2D eigenvalue weighted by molar-refractivity contribution is -0.170. The van der Waals surface area contributed by atoms with Crippen LogP contribution in [0.4, 0.5) is 4.79 Å². The summed E-state index contributed by atoms with van der Waals surface area (Å²) in [7, 11) is 2.87. The number of rotatable bonds is 7. The van der Waals surface area contributed by atoms with Gasteiger partial charge >= 0.3 is 6.09 Å². The number of nitrogens with one attached hydrogen (secondary N) is 1. The van der Waals surface area contributed by atoms with E-state index in [9.17, 15) is 9.59 Å². The average molecular weight is 353 g/mol. The molecule has 2 amide bonds. The van der Waals surface area contributed by atoms with Gasteiger partial charge in [0.1, 0.15) is 24.0 Å². The monoisotopic (exact) mass is 353 g/mol. The normalized spacial score (nSPS) is 12.2. The Bertz CT molecular complexity index is 569. The zero-order chi connectivity index (χ0) is 19.0. The van der Waals surface area contributed by atoms with Gasteiger partial charge in [-0.3, -0.25) is 9.63 Å². The maximum Gasteiger partial charge on any atom is 0.407 e. The van der Waals surface area contributed by atoms with Crippen LogP contribution in [0, 0.1) is 0 Å². The quantitative estimate of drug-likeness (QED) is 0.719. The van der Waals surface area contributed by atoms with Crippen LogP contribution in [0.25, 0.3) is 0 Å². The third-order valence-electron chi connectivity index (χ3n) is 3.09. The van der Waals surface area contributed by atoms with Crippen LogP contribution in [0.15, 0.2) is 24.3 Å². The third-order valence-corrected chi connectivity index (χ3v) is 3.09. The minimum atomic E-state index is -0.821. The number of carbonyl (C=O) groups excluding carboxylic acids is 2. The summed E-state index contributed by atoms with van der Waals surface area (Å²) in [6.07, 6.45) is -0.473.